The lowest BCUT2D eigenvalue weighted by Crippen LogP contribution is -2.14. The van der Waals surface area contributed by atoms with E-state index in [9.17, 15) is 13.2 Å². The second kappa shape index (κ2) is 9.79. The summed E-state index contributed by atoms with van der Waals surface area (Å²) in [5, 5.41) is 2.46. The molecule has 0 spiro atoms. The van der Waals surface area contributed by atoms with E-state index in [1.165, 1.54) is 19.3 Å². The fourth-order valence-electron chi connectivity index (χ4n) is 5.37. The maximum atomic E-state index is 12.9. The van der Waals surface area contributed by atoms with Gasteiger partial charge in [-0.1, -0.05) is 68.0 Å². The average molecular weight is 496 g/mol. The molecule has 0 aliphatic heterocycles. The highest BCUT2D eigenvalue weighted by Gasteiger charge is 2.43. The van der Waals surface area contributed by atoms with Gasteiger partial charge in [0.05, 0.1) is 15.7 Å². The van der Waals surface area contributed by atoms with Crippen LogP contribution in [0.15, 0.2) is 59.8 Å². The van der Waals surface area contributed by atoms with Gasteiger partial charge >= 0.3 is 0 Å². The molecule has 2 aliphatic rings. The minimum absolute atomic E-state index is 0.00244. The predicted octanol–water partition coefficient (Wildman–Crippen LogP) is 6.55. The Morgan fingerprint density at radius 3 is 2.53 bits per heavy atom. The van der Waals surface area contributed by atoms with Crippen LogP contribution in [0.3, 0.4) is 0 Å². The highest BCUT2D eigenvalue weighted by molar-refractivity contribution is 7.91. The lowest BCUT2D eigenvalue weighted by molar-refractivity contribution is -0.119. The summed E-state index contributed by atoms with van der Waals surface area (Å²) >= 11 is 6.26. The molecule has 0 amide bonds. The minimum Gasteiger partial charge on any atom is -0.299 e. The molecule has 2 aliphatic carbocycles. The maximum absolute atomic E-state index is 12.9. The highest BCUT2D eigenvalue weighted by atomic mass is 35.5. The SMILES string of the molecule is O=C(Cc1ccc2cncc(Cl)c2c1)[C@@H]1CC1c1ccc(S(=O)(=O)CCC2CCCCC2)cc1. The van der Waals surface area contributed by atoms with Crippen molar-refractivity contribution in [1.82, 2.24) is 4.98 Å². The first-order valence-corrected chi connectivity index (χ1v) is 14.3. The fraction of sp³-hybridized carbons (Fsp3) is 0.429. The van der Waals surface area contributed by atoms with E-state index < -0.39 is 9.84 Å². The molecule has 0 bridgehead atoms. The number of carbonyl (C=O) groups excluding carboxylic acids is 1. The van der Waals surface area contributed by atoms with Crippen molar-refractivity contribution in [2.45, 2.75) is 62.2 Å². The monoisotopic (exact) mass is 495 g/mol. The van der Waals surface area contributed by atoms with E-state index in [0.717, 1.165) is 47.6 Å². The summed E-state index contributed by atoms with van der Waals surface area (Å²) in [5.74, 6) is 1.18. The zero-order valence-corrected chi connectivity index (χ0v) is 20.8. The largest absolute Gasteiger partial charge is 0.299 e. The summed E-state index contributed by atoms with van der Waals surface area (Å²) in [6, 6.07) is 13.1. The molecule has 0 radical (unpaired) electrons. The number of ketones is 1. The molecule has 2 atom stereocenters. The Hall–Kier alpha value is -2.24. The van der Waals surface area contributed by atoms with Crippen LogP contribution >= 0.6 is 11.6 Å². The Morgan fingerprint density at radius 1 is 1.00 bits per heavy atom. The van der Waals surface area contributed by atoms with E-state index in [1.807, 2.05) is 30.3 Å². The summed E-state index contributed by atoms with van der Waals surface area (Å²) in [5.41, 5.74) is 2.01. The average Bonchev–Trinajstić information content (AvgIpc) is 3.65. The van der Waals surface area contributed by atoms with Crippen molar-refractivity contribution in [2.24, 2.45) is 11.8 Å². The molecule has 0 N–H and O–H groups in total. The van der Waals surface area contributed by atoms with Crippen LogP contribution in [-0.2, 0) is 21.1 Å². The van der Waals surface area contributed by atoms with Crippen molar-refractivity contribution >= 4 is 38.0 Å². The molecular formula is C28H30ClNO3S. The van der Waals surface area contributed by atoms with Gasteiger partial charge in [0.1, 0.15) is 5.78 Å². The second-order valence-electron chi connectivity index (χ2n) is 9.95. The number of pyridine rings is 1. The Labute approximate surface area is 206 Å². The number of carbonyl (C=O) groups is 1. The number of hydrogen-bond donors (Lipinski definition) is 0. The molecule has 178 valence electrons. The van der Waals surface area contributed by atoms with Gasteiger partial charge in [-0.2, -0.15) is 0 Å². The predicted molar refractivity (Wildman–Crippen MR) is 136 cm³/mol. The van der Waals surface area contributed by atoms with Gasteiger partial charge in [0.15, 0.2) is 9.84 Å². The molecule has 5 rings (SSSR count). The number of benzene rings is 2. The summed E-state index contributed by atoms with van der Waals surface area (Å²) in [7, 11) is -3.26. The number of sulfone groups is 1. The summed E-state index contributed by atoms with van der Waals surface area (Å²) in [4.78, 5) is 17.4. The van der Waals surface area contributed by atoms with Crippen molar-refractivity contribution < 1.29 is 13.2 Å². The third-order valence-corrected chi connectivity index (χ3v) is 9.61. The highest BCUT2D eigenvalue weighted by Crippen LogP contribution is 2.48. The van der Waals surface area contributed by atoms with Crippen molar-refractivity contribution in [3.05, 3.63) is 71.0 Å². The number of Topliss-reactive ketones (excluding diaryl/α,β-unsaturated/α-hetero) is 1. The van der Waals surface area contributed by atoms with Gasteiger partial charge in [-0.25, -0.2) is 8.42 Å². The van der Waals surface area contributed by atoms with Crippen LogP contribution in [0.4, 0.5) is 0 Å². The first-order valence-electron chi connectivity index (χ1n) is 12.3. The fourth-order valence-corrected chi connectivity index (χ4v) is 7.02. The summed E-state index contributed by atoms with van der Waals surface area (Å²) in [6.45, 7) is 0. The van der Waals surface area contributed by atoms with Crippen LogP contribution in [0.2, 0.25) is 5.02 Å². The topological polar surface area (TPSA) is 64.1 Å². The van der Waals surface area contributed by atoms with Crippen LogP contribution in [-0.4, -0.2) is 24.9 Å². The Bertz CT molecular complexity index is 1300. The molecule has 6 heteroatoms. The van der Waals surface area contributed by atoms with Gasteiger partial charge < -0.3 is 0 Å². The van der Waals surface area contributed by atoms with Crippen LogP contribution in [0.1, 0.15) is 62.0 Å². The van der Waals surface area contributed by atoms with E-state index >= 15 is 0 Å². The molecule has 2 aromatic carbocycles. The molecular weight excluding hydrogens is 466 g/mol. The lowest BCUT2D eigenvalue weighted by Gasteiger charge is -2.21. The van der Waals surface area contributed by atoms with Crippen LogP contribution in [0.25, 0.3) is 10.8 Å². The molecule has 34 heavy (non-hydrogen) atoms. The molecule has 2 saturated carbocycles. The van der Waals surface area contributed by atoms with Gasteiger partial charge in [-0.05, 0) is 54.0 Å². The Kier molecular flexibility index (Phi) is 6.76. The quantitative estimate of drug-likeness (QED) is 0.355. The van der Waals surface area contributed by atoms with Gasteiger partial charge in [-0.3, -0.25) is 9.78 Å². The zero-order chi connectivity index (χ0) is 23.7. The van der Waals surface area contributed by atoms with Crippen LogP contribution in [0, 0.1) is 11.8 Å². The lowest BCUT2D eigenvalue weighted by atomic mass is 9.88. The van der Waals surface area contributed by atoms with E-state index in [-0.39, 0.29) is 23.4 Å². The molecule has 1 unspecified atom stereocenters. The Balaban J connectivity index is 1.19. The Morgan fingerprint density at radius 2 is 1.76 bits per heavy atom. The third-order valence-electron chi connectivity index (χ3n) is 7.55. The first kappa shape index (κ1) is 23.5. The number of fused-ring (bicyclic) bond motifs is 1. The summed E-state index contributed by atoms with van der Waals surface area (Å²) < 4.78 is 25.6. The number of aromatic nitrogens is 1. The van der Waals surface area contributed by atoms with E-state index in [4.69, 9.17) is 11.6 Å². The van der Waals surface area contributed by atoms with Gasteiger partial charge in [0.2, 0.25) is 0 Å². The van der Waals surface area contributed by atoms with Crippen LogP contribution in [0.5, 0.6) is 0 Å². The smallest absolute Gasteiger partial charge is 0.178 e. The first-order chi connectivity index (χ1) is 16.4. The van der Waals surface area contributed by atoms with Gasteiger partial charge in [0, 0.05) is 35.5 Å². The standard InChI is InChI=1S/C28H30ClNO3S/c29-27-18-30-17-22-7-6-20(14-25(22)27)15-28(31)26-16-24(26)21-8-10-23(11-9-21)34(32,33)13-12-19-4-2-1-3-5-19/h6-11,14,17-19,24,26H,1-5,12-13,15-16H2/t24?,26-/m1/s1. The van der Waals surface area contributed by atoms with Crippen molar-refractivity contribution in [2.75, 3.05) is 5.75 Å². The zero-order valence-electron chi connectivity index (χ0n) is 19.3. The number of nitrogens with zero attached hydrogens (tertiary/aromatic N) is 1. The number of hydrogen-bond acceptors (Lipinski definition) is 4. The van der Waals surface area contributed by atoms with E-state index in [0.29, 0.717) is 22.3 Å². The van der Waals surface area contributed by atoms with E-state index in [2.05, 4.69) is 4.98 Å². The maximum Gasteiger partial charge on any atom is 0.178 e. The molecule has 1 heterocycles. The second-order valence-corrected chi connectivity index (χ2v) is 12.5. The van der Waals surface area contributed by atoms with Gasteiger partial charge in [0.25, 0.3) is 0 Å². The van der Waals surface area contributed by atoms with Crippen molar-refractivity contribution in [3.8, 4) is 0 Å². The van der Waals surface area contributed by atoms with Gasteiger partial charge in [-0.15, -0.1) is 0 Å². The molecule has 0 saturated heterocycles. The number of halogens is 1. The third kappa shape index (κ3) is 5.21. The van der Waals surface area contributed by atoms with Crippen molar-refractivity contribution in [3.63, 3.8) is 0 Å². The molecule has 2 fully saturated rings. The molecule has 3 aromatic rings. The van der Waals surface area contributed by atoms with E-state index in [1.54, 1.807) is 24.5 Å². The minimum atomic E-state index is -3.26. The normalized spacial score (nSPS) is 21.0. The molecule has 1 aromatic heterocycles. The van der Waals surface area contributed by atoms with Crippen molar-refractivity contribution in [1.29, 1.82) is 0 Å². The van der Waals surface area contributed by atoms with Crippen LogP contribution < -0.4 is 0 Å². The summed E-state index contributed by atoms with van der Waals surface area (Å²) in [6.07, 6.45) is 11.4. The number of rotatable bonds is 8. The molecule has 4 nitrogen and oxygen atoms in total.